The average Bonchev–Trinajstić information content (AvgIpc) is 3.21. The minimum absolute atomic E-state index is 0.0339. The van der Waals surface area contributed by atoms with Crippen LogP contribution in [-0.4, -0.2) is 26.6 Å². The van der Waals surface area contributed by atoms with Crippen molar-refractivity contribution < 1.29 is 14.0 Å². The van der Waals surface area contributed by atoms with Crippen LogP contribution in [-0.2, 0) is 16.9 Å². The number of halogens is 3. The Labute approximate surface area is 175 Å². The molecule has 148 valence electrons. The van der Waals surface area contributed by atoms with E-state index in [1.165, 1.54) is 22.9 Å². The van der Waals surface area contributed by atoms with Crippen LogP contribution in [0.4, 0.5) is 9.18 Å². The molecule has 1 unspecified atom stereocenters. The van der Waals surface area contributed by atoms with Crippen LogP contribution < -0.4 is 5.32 Å². The van der Waals surface area contributed by atoms with Crippen molar-refractivity contribution in [1.29, 1.82) is 0 Å². The van der Waals surface area contributed by atoms with E-state index in [4.69, 9.17) is 23.2 Å². The Bertz CT molecular complexity index is 1130. The number of urea groups is 1. The smallest absolute Gasteiger partial charge is 0.319 e. The number of carbonyl (C=O) groups is 2. The molecule has 0 spiro atoms. The highest BCUT2D eigenvalue weighted by atomic mass is 35.5. The molecule has 0 bridgehead atoms. The van der Waals surface area contributed by atoms with E-state index < -0.39 is 17.5 Å². The summed E-state index contributed by atoms with van der Waals surface area (Å²) in [6.45, 7) is 1.56. The van der Waals surface area contributed by atoms with Gasteiger partial charge in [0.05, 0.1) is 17.9 Å². The van der Waals surface area contributed by atoms with Crippen LogP contribution in [0.2, 0.25) is 10.0 Å². The van der Waals surface area contributed by atoms with Crippen LogP contribution in [0, 0.1) is 5.82 Å². The Morgan fingerprint density at radius 1 is 1.14 bits per heavy atom. The molecule has 29 heavy (non-hydrogen) atoms. The highest BCUT2D eigenvalue weighted by Gasteiger charge is 2.50. The first kappa shape index (κ1) is 19.4. The molecule has 1 aliphatic rings. The van der Waals surface area contributed by atoms with E-state index in [-0.39, 0.29) is 17.4 Å². The number of benzene rings is 2. The van der Waals surface area contributed by atoms with Crippen molar-refractivity contribution in [3.63, 3.8) is 0 Å². The SMILES string of the molecule is CC1(c2ccc(Cl)cc2Cl)NC(=O)N(Cc2ccn(-c3cccc(F)c3)n2)C1=O. The molecule has 1 aliphatic heterocycles. The topological polar surface area (TPSA) is 67.2 Å². The number of nitrogens with zero attached hydrogens (tertiary/aromatic N) is 3. The Hall–Kier alpha value is -2.90. The fourth-order valence-corrected chi connectivity index (χ4v) is 3.89. The van der Waals surface area contributed by atoms with Gasteiger partial charge in [-0.2, -0.15) is 5.10 Å². The summed E-state index contributed by atoms with van der Waals surface area (Å²) in [6.07, 6.45) is 1.64. The molecule has 6 nitrogen and oxygen atoms in total. The minimum Gasteiger partial charge on any atom is -0.319 e. The van der Waals surface area contributed by atoms with Gasteiger partial charge in [0.1, 0.15) is 11.4 Å². The lowest BCUT2D eigenvalue weighted by atomic mass is 9.92. The second kappa shape index (κ2) is 7.17. The summed E-state index contributed by atoms with van der Waals surface area (Å²) < 4.78 is 14.9. The molecule has 2 aromatic carbocycles. The normalized spacial score (nSPS) is 19.0. The lowest BCUT2D eigenvalue weighted by Crippen LogP contribution is -2.41. The molecule has 1 fully saturated rings. The summed E-state index contributed by atoms with van der Waals surface area (Å²) in [5.74, 6) is -0.837. The van der Waals surface area contributed by atoms with E-state index in [9.17, 15) is 14.0 Å². The number of hydrogen-bond acceptors (Lipinski definition) is 3. The van der Waals surface area contributed by atoms with Crippen molar-refractivity contribution in [2.24, 2.45) is 0 Å². The van der Waals surface area contributed by atoms with E-state index in [0.717, 1.165) is 4.90 Å². The van der Waals surface area contributed by atoms with Gasteiger partial charge in [0.2, 0.25) is 0 Å². The van der Waals surface area contributed by atoms with Crippen LogP contribution in [0.5, 0.6) is 0 Å². The number of carbonyl (C=O) groups excluding carboxylic acids is 2. The van der Waals surface area contributed by atoms with E-state index in [1.807, 2.05) is 0 Å². The highest BCUT2D eigenvalue weighted by Crippen LogP contribution is 2.35. The van der Waals surface area contributed by atoms with Gasteiger partial charge in [-0.1, -0.05) is 35.3 Å². The van der Waals surface area contributed by atoms with Crippen molar-refractivity contribution >= 4 is 35.1 Å². The average molecular weight is 433 g/mol. The first-order valence-electron chi connectivity index (χ1n) is 8.68. The van der Waals surface area contributed by atoms with Gasteiger partial charge in [-0.3, -0.25) is 9.69 Å². The van der Waals surface area contributed by atoms with E-state index in [1.54, 1.807) is 43.5 Å². The summed E-state index contributed by atoms with van der Waals surface area (Å²) in [4.78, 5) is 26.7. The molecule has 3 aromatic rings. The fraction of sp³-hybridized carbons (Fsp3) is 0.150. The third-order valence-corrected chi connectivity index (χ3v) is 5.33. The summed E-state index contributed by atoms with van der Waals surface area (Å²) in [5, 5.41) is 7.75. The molecule has 1 saturated heterocycles. The van der Waals surface area contributed by atoms with Crippen LogP contribution in [0.25, 0.3) is 5.69 Å². The van der Waals surface area contributed by atoms with Gasteiger partial charge >= 0.3 is 6.03 Å². The van der Waals surface area contributed by atoms with Crippen LogP contribution in [0.1, 0.15) is 18.2 Å². The number of hydrogen-bond donors (Lipinski definition) is 1. The van der Waals surface area contributed by atoms with E-state index >= 15 is 0 Å². The second-order valence-corrected chi connectivity index (χ2v) is 7.65. The van der Waals surface area contributed by atoms with Gasteiger partial charge in [-0.25, -0.2) is 13.9 Å². The van der Waals surface area contributed by atoms with Crippen LogP contribution >= 0.6 is 23.2 Å². The lowest BCUT2D eigenvalue weighted by molar-refractivity contribution is -0.131. The van der Waals surface area contributed by atoms with Crippen molar-refractivity contribution in [2.45, 2.75) is 19.0 Å². The standard InChI is InChI=1S/C20H15Cl2FN4O2/c1-20(16-6-5-12(21)9-17(16)22)18(28)26(19(29)24-20)11-14-7-8-27(25-14)15-4-2-3-13(23)10-15/h2-10H,11H2,1H3,(H,24,29). The number of amides is 3. The molecule has 0 aliphatic carbocycles. The molecule has 1 aromatic heterocycles. The molecule has 0 saturated carbocycles. The van der Waals surface area contributed by atoms with Gasteiger partial charge in [-0.15, -0.1) is 0 Å². The Kier molecular flexibility index (Phi) is 4.80. The minimum atomic E-state index is -1.32. The van der Waals surface area contributed by atoms with Crippen molar-refractivity contribution in [1.82, 2.24) is 20.0 Å². The largest absolute Gasteiger partial charge is 0.325 e. The highest BCUT2D eigenvalue weighted by molar-refractivity contribution is 6.35. The molecule has 3 amide bonds. The zero-order valence-corrected chi connectivity index (χ0v) is 16.7. The molecular formula is C20H15Cl2FN4O2. The first-order chi connectivity index (χ1) is 13.8. The van der Waals surface area contributed by atoms with Crippen molar-refractivity contribution in [2.75, 3.05) is 0 Å². The molecular weight excluding hydrogens is 418 g/mol. The molecule has 0 radical (unpaired) electrons. The monoisotopic (exact) mass is 432 g/mol. The number of aromatic nitrogens is 2. The van der Waals surface area contributed by atoms with Crippen molar-refractivity contribution in [3.05, 3.63) is 81.8 Å². The van der Waals surface area contributed by atoms with Gasteiger partial charge in [0.15, 0.2) is 0 Å². The van der Waals surface area contributed by atoms with Crippen molar-refractivity contribution in [3.8, 4) is 5.69 Å². The molecule has 1 atom stereocenters. The van der Waals surface area contributed by atoms with Gasteiger partial charge in [0, 0.05) is 21.8 Å². The Balaban J connectivity index is 1.59. The maximum atomic E-state index is 13.4. The predicted octanol–water partition coefficient (Wildman–Crippen LogP) is 4.29. The van der Waals surface area contributed by atoms with Gasteiger partial charge in [-0.05, 0) is 43.3 Å². The first-order valence-corrected chi connectivity index (χ1v) is 9.43. The predicted molar refractivity (Wildman–Crippen MR) is 106 cm³/mol. The molecule has 4 rings (SSSR count). The lowest BCUT2D eigenvalue weighted by Gasteiger charge is -2.23. The maximum absolute atomic E-state index is 13.4. The van der Waals surface area contributed by atoms with Crippen LogP contribution in [0.3, 0.4) is 0 Å². The Morgan fingerprint density at radius 2 is 1.93 bits per heavy atom. The third-order valence-electron chi connectivity index (χ3n) is 4.78. The summed E-state index contributed by atoms with van der Waals surface area (Å²) >= 11 is 12.2. The molecule has 2 heterocycles. The zero-order chi connectivity index (χ0) is 20.8. The number of imide groups is 1. The number of nitrogens with one attached hydrogen (secondary N) is 1. The number of rotatable bonds is 4. The summed E-state index contributed by atoms with van der Waals surface area (Å²) in [7, 11) is 0. The van der Waals surface area contributed by atoms with E-state index in [2.05, 4.69) is 10.4 Å². The van der Waals surface area contributed by atoms with Gasteiger partial charge in [0.25, 0.3) is 5.91 Å². The maximum Gasteiger partial charge on any atom is 0.325 e. The zero-order valence-electron chi connectivity index (χ0n) is 15.2. The quantitative estimate of drug-likeness (QED) is 0.625. The summed E-state index contributed by atoms with van der Waals surface area (Å²) in [6, 6.07) is 11.8. The van der Waals surface area contributed by atoms with Crippen LogP contribution in [0.15, 0.2) is 54.7 Å². The summed E-state index contributed by atoms with van der Waals surface area (Å²) in [5.41, 5.74) is 0.148. The Morgan fingerprint density at radius 3 is 2.66 bits per heavy atom. The fourth-order valence-electron chi connectivity index (χ4n) is 3.29. The second-order valence-electron chi connectivity index (χ2n) is 6.80. The van der Waals surface area contributed by atoms with Gasteiger partial charge < -0.3 is 5.32 Å². The van der Waals surface area contributed by atoms with E-state index in [0.29, 0.717) is 22.0 Å². The molecule has 9 heteroatoms. The third kappa shape index (κ3) is 3.47. The molecule has 1 N–H and O–H groups in total.